The Morgan fingerprint density at radius 1 is 1.10 bits per heavy atom. The van der Waals surface area contributed by atoms with Gasteiger partial charge in [-0.15, -0.1) is 11.8 Å². The number of thioether (sulfide) groups is 1. The molecule has 1 aliphatic heterocycles. The predicted octanol–water partition coefficient (Wildman–Crippen LogP) is 3.20. The second-order valence-electron chi connectivity index (χ2n) is 6.56. The van der Waals surface area contributed by atoms with E-state index in [9.17, 15) is 18.0 Å². The first-order valence-corrected chi connectivity index (χ1v) is 12.1. The van der Waals surface area contributed by atoms with Crippen LogP contribution >= 0.6 is 23.4 Å². The summed E-state index contributed by atoms with van der Waals surface area (Å²) in [4.78, 5) is 27.1. The predicted molar refractivity (Wildman–Crippen MR) is 114 cm³/mol. The SMILES string of the molecule is O=C(CSc1ccc(Cl)cc1)OCC(=O)N(c1ccccc1)C1CCS(=O)(=O)C1. The number of hydrogen-bond acceptors (Lipinski definition) is 6. The lowest BCUT2D eigenvalue weighted by Gasteiger charge is -2.28. The molecule has 1 saturated heterocycles. The Labute approximate surface area is 179 Å². The molecule has 0 spiro atoms. The fraction of sp³-hybridized carbons (Fsp3) is 0.300. The van der Waals surface area contributed by atoms with Crippen LogP contribution in [-0.2, 0) is 24.2 Å². The number of esters is 1. The molecule has 0 aromatic heterocycles. The van der Waals surface area contributed by atoms with E-state index in [4.69, 9.17) is 16.3 Å². The molecule has 2 aromatic rings. The summed E-state index contributed by atoms with van der Waals surface area (Å²) in [5.74, 6) is -0.953. The minimum Gasteiger partial charge on any atom is -0.455 e. The zero-order valence-corrected chi connectivity index (χ0v) is 17.9. The van der Waals surface area contributed by atoms with E-state index in [1.807, 2.05) is 6.07 Å². The Morgan fingerprint density at radius 3 is 2.41 bits per heavy atom. The second-order valence-corrected chi connectivity index (χ2v) is 10.3. The second kappa shape index (κ2) is 9.65. The minimum atomic E-state index is -3.17. The first-order chi connectivity index (χ1) is 13.8. The van der Waals surface area contributed by atoms with Gasteiger partial charge in [0.25, 0.3) is 5.91 Å². The summed E-state index contributed by atoms with van der Waals surface area (Å²) in [5.41, 5.74) is 0.589. The van der Waals surface area contributed by atoms with Crippen LogP contribution in [0.15, 0.2) is 59.5 Å². The van der Waals surface area contributed by atoms with Gasteiger partial charge in [-0.2, -0.15) is 0 Å². The zero-order chi connectivity index (χ0) is 20.9. The number of anilines is 1. The lowest BCUT2D eigenvalue weighted by molar-refractivity contribution is -0.145. The van der Waals surface area contributed by atoms with Gasteiger partial charge in [-0.05, 0) is 42.8 Å². The van der Waals surface area contributed by atoms with E-state index in [0.717, 1.165) is 4.90 Å². The van der Waals surface area contributed by atoms with Crippen LogP contribution in [0, 0.1) is 0 Å². The molecule has 3 rings (SSSR count). The Bertz CT molecular complexity index is 964. The summed E-state index contributed by atoms with van der Waals surface area (Å²) in [7, 11) is -3.17. The van der Waals surface area contributed by atoms with E-state index in [1.54, 1.807) is 48.5 Å². The molecule has 0 aliphatic carbocycles. The van der Waals surface area contributed by atoms with E-state index in [-0.39, 0.29) is 17.3 Å². The lowest BCUT2D eigenvalue weighted by atomic mass is 10.2. The number of halogens is 1. The first kappa shape index (κ1) is 21.7. The van der Waals surface area contributed by atoms with Gasteiger partial charge in [0.1, 0.15) is 0 Å². The van der Waals surface area contributed by atoms with Crippen LogP contribution in [0.3, 0.4) is 0 Å². The maximum Gasteiger partial charge on any atom is 0.316 e. The Hall–Kier alpha value is -2.03. The standard InChI is InChI=1S/C20H20ClNO5S2/c21-15-6-8-18(9-7-15)28-13-20(24)27-12-19(23)22(16-4-2-1-3-5-16)17-10-11-29(25,26)14-17/h1-9,17H,10-14H2. The van der Waals surface area contributed by atoms with Crippen LogP contribution in [-0.4, -0.2) is 50.2 Å². The van der Waals surface area contributed by atoms with Gasteiger partial charge >= 0.3 is 5.97 Å². The van der Waals surface area contributed by atoms with E-state index in [1.165, 1.54) is 16.7 Å². The largest absolute Gasteiger partial charge is 0.455 e. The van der Waals surface area contributed by atoms with Crippen LogP contribution in [0.5, 0.6) is 0 Å². The fourth-order valence-electron chi connectivity index (χ4n) is 3.05. The van der Waals surface area contributed by atoms with Crippen molar-refractivity contribution in [2.24, 2.45) is 0 Å². The van der Waals surface area contributed by atoms with Gasteiger partial charge in [-0.3, -0.25) is 9.59 Å². The highest BCUT2D eigenvalue weighted by Gasteiger charge is 2.35. The van der Waals surface area contributed by atoms with Crippen LogP contribution < -0.4 is 4.90 Å². The van der Waals surface area contributed by atoms with Crippen molar-refractivity contribution in [1.82, 2.24) is 0 Å². The number of nitrogens with zero attached hydrogens (tertiary/aromatic N) is 1. The average Bonchev–Trinajstić information content (AvgIpc) is 3.06. The topological polar surface area (TPSA) is 80.8 Å². The van der Waals surface area contributed by atoms with Gasteiger partial charge in [-0.1, -0.05) is 29.8 Å². The summed E-state index contributed by atoms with van der Waals surface area (Å²) < 4.78 is 28.9. The number of ether oxygens (including phenoxy) is 1. The molecule has 2 aromatic carbocycles. The number of carbonyl (C=O) groups excluding carboxylic acids is 2. The highest BCUT2D eigenvalue weighted by Crippen LogP contribution is 2.25. The van der Waals surface area contributed by atoms with Gasteiger partial charge in [0.2, 0.25) is 0 Å². The number of carbonyl (C=O) groups is 2. The van der Waals surface area contributed by atoms with Crippen molar-refractivity contribution in [3.05, 3.63) is 59.6 Å². The van der Waals surface area contributed by atoms with Crippen molar-refractivity contribution in [3.8, 4) is 0 Å². The molecule has 9 heteroatoms. The Morgan fingerprint density at radius 2 is 1.79 bits per heavy atom. The van der Waals surface area contributed by atoms with Crippen LogP contribution in [0.1, 0.15) is 6.42 Å². The summed E-state index contributed by atoms with van der Waals surface area (Å²) >= 11 is 7.11. The number of amides is 1. The van der Waals surface area contributed by atoms with Gasteiger partial charge in [0, 0.05) is 15.6 Å². The normalized spacial score (nSPS) is 17.6. The third-order valence-electron chi connectivity index (χ3n) is 4.40. The quantitative estimate of drug-likeness (QED) is 0.473. The van der Waals surface area contributed by atoms with Crippen molar-refractivity contribution in [2.75, 3.05) is 28.8 Å². The van der Waals surface area contributed by atoms with Crippen molar-refractivity contribution >= 4 is 50.8 Å². The molecule has 1 fully saturated rings. The molecule has 154 valence electrons. The minimum absolute atomic E-state index is 0.0474. The van der Waals surface area contributed by atoms with Crippen LogP contribution in [0.4, 0.5) is 5.69 Å². The van der Waals surface area contributed by atoms with E-state index in [2.05, 4.69) is 0 Å². The zero-order valence-electron chi connectivity index (χ0n) is 15.5. The maximum atomic E-state index is 12.8. The van der Waals surface area contributed by atoms with Crippen molar-refractivity contribution in [1.29, 1.82) is 0 Å². The van der Waals surface area contributed by atoms with Gasteiger partial charge in [0.05, 0.1) is 23.3 Å². The van der Waals surface area contributed by atoms with Crippen LogP contribution in [0.2, 0.25) is 5.02 Å². The highest BCUT2D eigenvalue weighted by atomic mass is 35.5. The number of benzene rings is 2. The smallest absolute Gasteiger partial charge is 0.316 e. The number of hydrogen-bond donors (Lipinski definition) is 0. The lowest BCUT2D eigenvalue weighted by Crippen LogP contribution is -2.43. The first-order valence-electron chi connectivity index (χ1n) is 8.95. The van der Waals surface area contributed by atoms with Crippen LogP contribution in [0.25, 0.3) is 0 Å². The molecular formula is C20H20ClNO5S2. The van der Waals surface area contributed by atoms with E-state index >= 15 is 0 Å². The number of para-hydroxylation sites is 1. The average molecular weight is 454 g/mol. The maximum absolute atomic E-state index is 12.8. The molecule has 0 saturated carbocycles. The molecule has 1 heterocycles. The van der Waals surface area contributed by atoms with Gasteiger partial charge in [0.15, 0.2) is 16.4 Å². The van der Waals surface area contributed by atoms with Crippen molar-refractivity contribution in [2.45, 2.75) is 17.4 Å². The molecule has 1 unspecified atom stereocenters. The molecule has 0 N–H and O–H groups in total. The van der Waals surface area contributed by atoms with Crippen molar-refractivity contribution in [3.63, 3.8) is 0 Å². The fourth-order valence-corrected chi connectivity index (χ4v) is 5.57. The van der Waals surface area contributed by atoms with Gasteiger partial charge < -0.3 is 9.64 Å². The summed E-state index contributed by atoms with van der Waals surface area (Å²) in [6.45, 7) is -0.439. The summed E-state index contributed by atoms with van der Waals surface area (Å²) in [5, 5.41) is 0.609. The highest BCUT2D eigenvalue weighted by molar-refractivity contribution is 8.00. The Kier molecular flexibility index (Phi) is 7.21. The van der Waals surface area contributed by atoms with E-state index in [0.29, 0.717) is 17.1 Å². The number of rotatable bonds is 7. The van der Waals surface area contributed by atoms with Crippen molar-refractivity contribution < 1.29 is 22.7 Å². The molecule has 1 amide bonds. The summed E-state index contributed by atoms with van der Waals surface area (Å²) in [6.07, 6.45) is 0.364. The molecule has 0 radical (unpaired) electrons. The molecule has 29 heavy (non-hydrogen) atoms. The molecule has 1 aliphatic rings. The molecule has 1 atom stereocenters. The molecular weight excluding hydrogens is 434 g/mol. The molecule has 6 nitrogen and oxygen atoms in total. The monoisotopic (exact) mass is 453 g/mol. The third-order valence-corrected chi connectivity index (χ3v) is 7.39. The van der Waals surface area contributed by atoms with Gasteiger partial charge in [-0.25, -0.2) is 8.42 Å². The molecule has 0 bridgehead atoms. The number of sulfone groups is 1. The summed E-state index contributed by atoms with van der Waals surface area (Å²) in [6, 6.07) is 15.4. The van der Waals surface area contributed by atoms with E-state index < -0.39 is 34.4 Å². The third kappa shape index (κ3) is 6.22. The Balaban J connectivity index is 1.59.